The number of aryl methyl sites for hydroxylation is 3. The van der Waals surface area contributed by atoms with Gasteiger partial charge in [0.25, 0.3) is 0 Å². The first-order valence-corrected chi connectivity index (χ1v) is 6.88. The Morgan fingerprint density at radius 1 is 1.16 bits per heavy atom. The molecule has 1 atom stereocenters. The van der Waals surface area contributed by atoms with Gasteiger partial charge in [0.1, 0.15) is 0 Å². The molecule has 0 aliphatic rings. The predicted molar refractivity (Wildman–Crippen MR) is 81.6 cm³/mol. The molecule has 2 aromatic rings. The zero-order chi connectivity index (χ0) is 13.8. The second kappa shape index (κ2) is 5.87. The van der Waals surface area contributed by atoms with Crippen molar-refractivity contribution in [3.05, 3.63) is 58.9 Å². The SMILES string of the molecule is CCc1ccc(NC(C)c2ccc(C)nc2)c(C)c1. The Balaban J connectivity index is 2.14. The summed E-state index contributed by atoms with van der Waals surface area (Å²) in [6, 6.07) is 11.1. The Bertz CT molecular complexity index is 544. The molecule has 2 heteroatoms. The van der Waals surface area contributed by atoms with Crippen LogP contribution in [0.15, 0.2) is 36.5 Å². The Morgan fingerprint density at radius 2 is 1.95 bits per heavy atom. The molecule has 1 N–H and O–H groups in total. The van der Waals surface area contributed by atoms with Crippen molar-refractivity contribution < 1.29 is 0 Å². The minimum absolute atomic E-state index is 0.263. The summed E-state index contributed by atoms with van der Waals surface area (Å²) in [5, 5.41) is 3.56. The summed E-state index contributed by atoms with van der Waals surface area (Å²) >= 11 is 0. The Labute approximate surface area is 115 Å². The van der Waals surface area contributed by atoms with E-state index in [2.05, 4.69) is 61.4 Å². The van der Waals surface area contributed by atoms with Crippen LogP contribution in [-0.2, 0) is 6.42 Å². The first kappa shape index (κ1) is 13.6. The van der Waals surface area contributed by atoms with E-state index in [9.17, 15) is 0 Å². The van der Waals surface area contributed by atoms with E-state index in [4.69, 9.17) is 0 Å². The van der Waals surface area contributed by atoms with E-state index in [1.54, 1.807) is 0 Å². The molecule has 2 nitrogen and oxygen atoms in total. The van der Waals surface area contributed by atoms with E-state index in [1.165, 1.54) is 22.4 Å². The molecule has 1 aromatic carbocycles. The average molecular weight is 254 g/mol. The molecule has 1 aromatic heterocycles. The molecule has 0 amide bonds. The van der Waals surface area contributed by atoms with Crippen LogP contribution in [0.2, 0.25) is 0 Å². The van der Waals surface area contributed by atoms with Gasteiger partial charge in [-0.2, -0.15) is 0 Å². The molecule has 0 spiro atoms. The van der Waals surface area contributed by atoms with Crippen molar-refractivity contribution in [2.45, 2.75) is 40.2 Å². The fourth-order valence-corrected chi connectivity index (χ4v) is 2.16. The summed E-state index contributed by atoms with van der Waals surface area (Å²) in [7, 11) is 0. The van der Waals surface area contributed by atoms with Crippen molar-refractivity contribution >= 4 is 5.69 Å². The standard InChI is InChI=1S/C17H22N2/c1-5-15-7-9-17(12(2)10-15)19-14(4)16-8-6-13(3)18-11-16/h6-11,14,19H,5H2,1-4H3. The van der Waals surface area contributed by atoms with E-state index in [-0.39, 0.29) is 6.04 Å². The minimum Gasteiger partial charge on any atom is -0.378 e. The zero-order valence-corrected chi connectivity index (χ0v) is 12.2. The number of pyridine rings is 1. The average Bonchev–Trinajstić information content (AvgIpc) is 2.41. The maximum Gasteiger partial charge on any atom is 0.0500 e. The van der Waals surface area contributed by atoms with Gasteiger partial charge in [-0.1, -0.05) is 25.1 Å². The van der Waals surface area contributed by atoms with Gasteiger partial charge in [-0.05, 0) is 56.0 Å². The highest BCUT2D eigenvalue weighted by Crippen LogP contribution is 2.23. The highest BCUT2D eigenvalue weighted by Gasteiger charge is 2.07. The van der Waals surface area contributed by atoms with Gasteiger partial charge in [0, 0.05) is 17.6 Å². The number of hydrogen-bond acceptors (Lipinski definition) is 2. The highest BCUT2D eigenvalue weighted by atomic mass is 14.9. The Hall–Kier alpha value is -1.83. The third-order valence-electron chi connectivity index (χ3n) is 3.51. The van der Waals surface area contributed by atoms with Gasteiger partial charge in [0.15, 0.2) is 0 Å². The lowest BCUT2D eigenvalue weighted by Crippen LogP contribution is -2.08. The summed E-state index contributed by atoms with van der Waals surface area (Å²) < 4.78 is 0. The van der Waals surface area contributed by atoms with Gasteiger partial charge in [-0.25, -0.2) is 0 Å². The summed E-state index contributed by atoms with van der Waals surface area (Å²) in [6.07, 6.45) is 3.03. The molecule has 0 radical (unpaired) electrons. The molecule has 0 aliphatic heterocycles. The first-order chi connectivity index (χ1) is 9.10. The highest BCUT2D eigenvalue weighted by molar-refractivity contribution is 5.53. The summed E-state index contributed by atoms with van der Waals surface area (Å²) in [5.41, 5.74) is 6.15. The van der Waals surface area contributed by atoms with E-state index in [0.717, 1.165) is 12.1 Å². The van der Waals surface area contributed by atoms with Crippen LogP contribution in [0.1, 0.15) is 42.3 Å². The van der Waals surface area contributed by atoms with Crippen molar-refractivity contribution in [1.29, 1.82) is 0 Å². The van der Waals surface area contributed by atoms with Gasteiger partial charge in [-0.15, -0.1) is 0 Å². The lowest BCUT2D eigenvalue weighted by atomic mass is 10.1. The fraction of sp³-hybridized carbons (Fsp3) is 0.353. The molecule has 0 aliphatic carbocycles. The molecule has 0 saturated carbocycles. The van der Waals surface area contributed by atoms with E-state index < -0.39 is 0 Å². The molecule has 19 heavy (non-hydrogen) atoms. The second-order valence-corrected chi connectivity index (χ2v) is 5.10. The van der Waals surface area contributed by atoms with E-state index in [0.29, 0.717) is 0 Å². The second-order valence-electron chi connectivity index (χ2n) is 5.10. The number of aromatic nitrogens is 1. The molecule has 100 valence electrons. The van der Waals surface area contributed by atoms with Gasteiger partial charge >= 0.3 is 0 Å². The van der Waals surface area contributed by atoms with Crippen molar-refractivity contribution in [2.24, 2.45) is 0 Å². The zero-order valence-electron chi connectivity index (χ0n) is 12.2. The van der Waals surface area contributed by atoms with Crippen LogP contribution in [-0.4, -0.2) is 4.98 Å². The maximum atomic E-state index is 4.35. The van der Waals surface area contributed by atoms with E-state index in [1.807, 2.05) is 13.1 Å². The van der Waals surface area contributed by atoms with Crippen molar-refractivity contribution in [1.82, 2.24) is 4.98 Å². The van der Waals surface area contributed by atoms with Crippen LogP contribution in [0.25, 0.3) is 0 Å². The van der Waals surface area contributed by atoms with Crippen LogP contribution in [0.3, 0.4) is 0 Å². The largest absolute Gasteiger partial charge is 0.378 e. The fourth-order valence-electron chi connectivity index (χ4n) is 2.16. The van der Waals surface area contributed by atoms with Crippen molar-refractivity contribution in [2.75, 3.05) is 5.32 Å². The monoisotopic (exact) mass is 254 g/mol. The van der Waals surface area contributed by atoms with Gasteiger partial charge in [0.2, 0.25) is 0 Å². The Kier molecular flexibility index (Phi) is 4.20. The summed E-state index contributed by atoms with van der Waals surface area (Å²) in [4.78, 5) is 4.35. The molecule has 1 heterocycles. The third kappa shape index (κ3) is 3.34. The van der Waals surface area contributed by atoms with Crippen LogP contribution in [0.4, 0.5) is 5.69 Å². The van der Waals surface area contributed by atoms with Gasteiger partial charge in [-0.3, -0.25) is 4.98 Å². The molecular formula is C17H22N2. The topological polar surface area (TPSA) is 24.9 Å². The van der Waals surface area contributed by atoms with Crippen molar-refractivity contribution in [3.63, 3.8) is 0 Å². The lowest BCUT2D eigenvalue weighted by molar-refractivity contribution is 0.870. The summed E-state index contributed by atoms with van der Waals surface area (Å²) in [6.45, 7) is 8.51. The molecule has 0 saturated heterocycles. The number of benzene rings is 1. The van der Waals surface area contributed by atoms with Gasteiger partial charge < -0.3 is 5.32 Å². The maximum absolute atomic E-state index is 4.35. The third-order valence-corrected chi connectivity index (χ3v) is 3.51. The number of anilines is 1. The summed E-state index contributed by atoms with van der Waals surface area (Å²) in [5.74, 6) is 0. The molecule has 0 bridgehead atoms. The number of rotatable bonds is 4. The molecule has 2 rings (SSSR count). The van der Waals surface area contributed by atoms with Crippen molar-refractivity contribution in [3.8, 4) is 0 Å². The normalized spacial score (nSPS) is 12.2. The first-order valence-electron chi connectivity index (χ1n) is 6.88. The van der Waals surface area contributed by atoms with Crippen LogP contribution < -0.4 is 5.32 Å². The smallest absolute Gasteiger partial charge is 0.0500 e. The van der Waals surface area contributed by atoms with Crippen LogP contribution in [0, 0.1) is 13.8 Å². The minimum atomic E-state index is 0.263. The number of nitrogens with one attached hydrogen (secondary N) is 1. The lowest BCUT2D eigenvalue weighted by Gasteiger charge is -2.18. The Morgan fingerprint density at radius 3 is 2.53 bits per heavy atom. The predicted octanol–water partition coefficient (Wildman–Crippen LogP) is 4.43. The molecule has 0 fully saturated rings. The number of nitrogens with zero attached hydrogens (tertiary/aromatic N) is 1. The van der Waals surface area contributed by atoms with E-state index >= 15 is 0 Å². The quantitative estimate of drug-likeness (QED) is 0.872. The number of hydrogen-bond donors (Lipinski definition) is 1. The van der Waals surface area contributed by atoms with Crippen LogP contribution in [0.5, 0.6) is 0 Å². The van der Waals surface area contributed by atoms with Gasteiger partial charge in [0.05, 0.1) is 6.04 Å². The molecule has 1 unspecified atom stereocenters. The van der Waals surface area contributed by atoms with Crippen LogP contribution >= 0.6 is 0 Å². The molecular weight excluding hydrogens is 232 g/mol.